The lowest BCUT2D eigenvalue weighted by Gasteiger charge is -2.05. The van der Waals surface area contributed by atoms with Crippen molar-refractivity contribution in [1.29, 1.82) is 0 Å². The van der Waals surface area contributed by atoms with Crippen LogP contribution in [-0.2, 0) is 0 Å². The predicted molar refractivity (Wildman–Crippen MR) is 68.4 cm³/mol. The molecule has 2 heterocycles. The Balaban J connectivity index is 2.11. The lowest BCUT2D eigenvalue weighted by Crippen LogP contribution is -2.15. The van der Waals surface area contributed by atoms with E-state index in [1.165, 1.54) is 6.20 Å². The number of nitrogens with zero attached hydrogens (tertiary/aromatic N) is 3. The second-order valence-corrected chi connectivity index (χ2v) is 3.52. The molecule has 0 fully saturated rings. The highest BCUT2D eigenvalue weighted by Gasteiger charge is 2.08. The van der Waals surface area contributed by atoms with Gasteiger partial charge in [-0.15, -0.1) is 0 Å². The van der Waals surface area contributed by atoms with E-state index in [4.69, 9.17) is 0 Å². The molecule has 0 saturated carbocycles. The maximum absolute atomic E-state index is 11.9. The van der Waals surface area contributed by atoms with Crippen LogP contribution in [-0.4, -0.2) is 27.4 Å². The Morgan fingerprint density at radius 1 is 1.28 bits per heavy atom. The summed E-state index contributed by atoms with van der Waals surface area (Å²) in [4.78, 5) is 23.9. The van der Waals surface area contributed by atoms with E-state index in [0.717, 1.165) is 6.54 Å². The zero-order chi connectivity index (χ0) is 12.8. The van der Waals surface area contributed by atoms with Gasteiger partial charge in [0.15, 0.2) is 0 Å². The zero-order valence-electron chi connectivity index (χ0n) is 9.92. The molecule has 6 heteroatoms. The molecule has 0 unspecified atom stereocenters. The molecule has 0 bridgehead atoms. The Hall–Kier alpha value is -2.50. The molecule has 0 spiro atoms. The first-order valence-corrected chi connectivity index (χ1v) is 5.57. The van der Waals surface area contributed by atoms with Crippen LogP contribution < -0.4 is 10.6 Å². The second kappa shape index (κ2) is 5.72. The second-order valence-electron chi connectivity index (χ2n) is 3.52. The van der Waals surface area contributed by atoms with E-state index < -0.39 is 0 Å². The summed E-state index contributed by atoms with van der Waals surface area (Å²) >= 11 is 0. The molecule has 0 aliphatic heterocycles. The fourth-order valence-electron chi connectivity index (χ4n) is 1.37. The van der Waals surface area contributed by atoms with Gasteiger partial charge in [0.2, 0.25) is 0 Å². The Labute approximate surface area is 105 Å². The van der Waals surface area contributed by atoms with Gasteiger partial charge in [-0.2, -0.15) is 0 Å². The topological polar surface area (TPSA) is 79.8 Å². The minimum atomic E-state index is -0.310. The third-order valence-electron chi connectivity index (χ3n) is 2.14. The molecule has 2 N–H and O–H groups in total. The molecule has 0 saturated heterocycles. The molecule has 2 aromatic heterocycles. The summed E-state index contributed by atoms with van der Waals surface area (Å²) in [6.45, 7) is 2.67. The predicted octanol–water partition coefficient (Wildman–Crippen LogP) is 1.56. The van der Waals surface area contributed by atoms with Gasteiger partial charge in [0, 0.05) is 12.7 Å². The van der Waals surface area contributed by atoms with Gasteiger partial charge in [-0.3, -0.25) is 14.8 Å². The first-order valence-electron chi connectivity index (χ1n) is 5.57. The summed E-state index contributed by atoms with van der Waals surface area (Å²) in [5.41, 5.74) is 0.885. The smallest absolute Gasteiger partial charge is 0.275 e. The first-order chi connectivity index (χ1) is 8.79. The van der Waals surface area contributed by atoms with Gasteiger partial charge in [-0.1, -0.05) is 0 Å². The molecule has 0 radical (unpaired) electrons. The molecule has 0 aromatic carbocycles. The number of nitrogens with one attached hydrogen (secondary N) is 2. The largest absolute Gasteiger partial charge is 0.369 e. The van der Waals surface area contributed by atoms with E-state index in [9.17, 15) is 4.79 Å². The van der Waals surface area contributed by atoms with Gasteiger partial charge in [-0.25, -0.2) is 4.98 Å². The van der Waals surface area contributed by atoms with Crippen molar-refractivity contribution in [2.24, 2.45) is 0 Å². The highest BCUT2D eigenvalue weighted by Crippen LogP contribution is 2.07. The van der Waals surface area contributed by atoms with Crippen molar-refractivity contribution in [3.8, 4) is 0 Å². The summed E-state index contributed by atoms with van der Waals surface area (Å²) in [5.74, 6) is 0.270. The minimum absolute atomic E-state index is 0.261. The van der Waals surface area contributed by atoms with Crippen LogP contribution in [0.15, 0.2) is 36.9 Å². The summed E-state index contributed by atoms with van der Waals surface area (Å²) < 4.78 is 0. The summed E-state index contributed by atoms with van der Waals surface area (Å²) in [7, 11) is 0. The number of carbonyl (C=O) groups excluding carboxylic acids is 1. The van der Waals surface area contributed by atoms with E-state index >= 15 is 0 Å². The maximum atomic E-state index is 11.9. The van der Waals surface area contributed by atoms with Crippen molar-refractivity contribution in [3.63, 3.8) is 0 Å². The number of pyridine rings is 1. The average molecular weight is 243 g/mol. The Morgan fingerprint density at radius 2 is 2.17 bits per heavy atom. The van der Waals surface area contributed by atoms with Gasteiger partial charge in [0.25, 0.3) is 5.91 Å². The van der Waals surface area contributed by atoms with Gasteiger partial charge >= 0.3 is 0 Å². The van der Waals surface area contributed by atoms with Gasteiger partial charge in [0.05, 0.1) is 24.3 Å². The van der Waals surface area contributed by atoms with Crippen LogP contribution in [0.25, 0.3) is 0 Å². The quantitative estimate of drug-likeness (QED) is 0.851. The van der Waals surface area contributed by atoms with Crippen molar-refractivity contribution < 1.29 is 4.79 Å². The van der Waals surface area contributed by atoms with Crippen LogP contribution >= 0.6 is 0 Å². The summed E-state index contributed by atoms with van der Waals surface area (Å²) in [6.07, 6.45) is 6.21. The Bertz CT molecular complexity index is 529. The number of carbonyl (C=O) groups is 1. The SMILES string of the molecule is CCNc1cncc(C(=O)Nc2cccnc2)n1. The molecule has 2 rings (SSSR count). The van der Waals surface area contributed by atoms with E-state index in [1.54, 1.807) is 30.7 Å². The van der Waals surface area contributed by atoms with Crippen molar-refractivity contribution >= 4 is 17.4 Å². The third-order valence-corrected chi connectivity index (χ3v) is 2.14. The van der Waals surface area contributed by atoms with Crippen LogP contribution in [0.4, 0.5) is 11.5 Å². The minimum Gasteiger partial charge on any atom is -0.369 e. The van der Waals surface area contributed by atoms with E-state index in [2.05, 4.69) is 25.6 Å². The summed E-state index contributed by atoms with van der Waals surface area (Å²) in [6, 6.07) is 3.50. The van der Waals surface area contributed by atoms with Gasteiger partial charge < -0.3 is 10.6 Å². The average Bonchev–Trinajstić information content (AvgIpc) is 2.40. The lowest BCUT2D eigenvalue weighted by molar-refractivity contribution is 0.102. The normalized spacial score (nSPS) is 9.83. The van der Waals surface area contributed by atoms with Gasteiger partial charge in [-0.05, 0) is 19.1 Å². The molecular formula is C12H13N5O. The standard InChI is InChI=1S/C12H13N5O/c1-2-15-11-8-14-7-10(17-11)12(18)16-9-4-3-5-13-6-9/h3-8H,2H2,1H3,(H,15,17)(H,16,18). The van der Waals surface area contributed by atoms with Crippen LogP contribution in [0.1, 0.15) is 17.4 Å². The van der Waals surface area contributed by atoms with Crippen LogP contribution in [0.5, 0.6) is 0 Å². The van der Waals surface area contributed by atoms with Crippen molar-refractivity contribution in [1.82, 2.24) is 15.0 Å². The number of hydrogen-bond acceptors (Lipinski definition) is 5. The highest BCUT2D eigenvalue weighted by molar-refractivity contribution is 6.02. The fraction of sp³-hybridized carbons (Fsp3) is 0.167. The number of aromatic nitrogens is 3. The first kappa shape index (κ1) is 12.0. The Kier molecular flexibility index (Phi) is 3.80. The van der Waals surface area contributed by atoms with Crippen LogP contribution in [0.3, 0.4) is 0 Å². The number of anilines is 2. The molecule has 0 atom stereocenters. The van der Waals surface area contributed by atoms with Gasteiger partial charge in [0.1, 0.15) is 11.5 Å². The van der Waals surface area contributed by atoms with E-state index in [-0.39, 0.29) is 11.6 Å². The monoisotopic (exact) mass is 243 g/mol. The molecule has 0 aliphatic carbocycles. The molecule has 0 aliphatic rings. The lowest BCUT2D eigenvalue weighted by atomic mass is 10.3. The molecule has 2 aromatic rings. The Morgan fingerprint density at radius 3 is 2.89 bits per heavy atom. The highest BCUT2D eigenvalue weighted by atomic mass is 16.1. The van der Waals surface area contributed by atoms with Crippen molar-refractivity contribution in [3.05, 3.63) is 42.6 Å². The third kappa shape index (κ3) is 3.00. The van der Waals surface area contributed by atoms with E-state index in [1.807, 2.05) is 6.92 Å². The zero-order valence-corrected chi connectivity index (χ0v) is 9.92. The van der Waals surface area contributed by atoms with Crippen molar-refractivity contribution in [2.75, 3.05) is 17.2 Å². The fourth-order valence-corrected chi connectivity index (χ4v) is 1.37. The molecule has 18 heavy (non-hydrogen) atoms. The maximum Gasteiger partial charge on any atom is 0.275 e. The van der Waals surface area contributed by atoms with Crippen LogP contribution in [0, 0.1) is 0 Å². The molecule has 6 nitrogen and oxygen atoms in total. The molecule has 92 valence electrons. The van der Waals surface area contributed by atoms with Crippen LogP contribution in [0.2, 0.25) is 0 Å². The molecule has 1 amide bonds. The molecular weight excluding hydrogens is 230 g/mol. The number of amides is 1. The number of rotatable bonds is 4. The number of hydrogen-bond donors (Lipinski definition) is 2. The van der Waals surface area contributed by atoms with Crippen molar-refractivity contribution in [2.45, 2.75) is 6.92 Å². The van der Waals surface area contributed by atoms with E-state index in [0.29, 0.717) is 11.5 Å². The summed E-state index contributed by atoms with van der Waals surface area (Å²) in [5, 5.41) is 5.70.